The third kappa shape index (κ3) is 3.08. The number of nitrogens with zero attached hydrogens (tertiary/aromatic N) is 2. The molecular weight excluding hydrogens is 320 g/mol. The number of fused-ring (bicyclic) bond motifs is 1. The van der Waals surface area contributed by atoms with Gasteiger partial charge in [-0.25, -0.2) is 9.97 Å². The monoisotopic (exact) mass is 334 g/mol. The summed E-state index contributed by atoms with van der Waals surface area (Å²) in [5.41, 5.74) is 6.99. The Labute approximate surface area is 135 Å². The number of nitrogens with one attached hydrogen (secondary N) is 1. The number of hydrogen-bond donors (Lipinski definition) is 2. The van der Waals surface area contributed by atoms with Gasteiger partial charge in [0.25, 0.3) is 0 Å². The van der Waals surface area contributed by atoms with Gasteiger partial charge in [-0.15, -0.1) is 11.3 Å². The van der Waals surface area contributed by atoms with E-state index in [2.05, 4.69) is 15.3 Å². The molecule has 0 saturated heterocycles. The van der Waals surface area contributed by atoms with E-state index in [-0.39, 0.29) is 12.3 Å². The highest BCUT2D eigenvalue weighted by atomic mass is 32.1. The maximum Gasteiger partial charge on any atom is 0.232 e. The van der Waals surface area contributed by atoms with Gasteiger partial charge in [-0.1, -0.05) is 17.4 Å². The molecule has 0 aliphatic carbocycles. The van der Waals surface area contributed by atoms with E-state index in [0.717, 1.165) is 20.9 Å². The average Bonchev–Trinajstić information content (AvgIpc) is 3.12. The van der Waals surface area contributed by atoms with Gasteiger partial charge in [-0.3, -0.25) is 4.79 Å². The lowest BCUT2D eigenvalue weighted by molar-refractivity contribution is -0.115. The molecule has 22 heavy (non-hydrogen) atoms. The second-order valence-electron chi connectivity index (χ2n) is 4.49. The molecule has 3 aromatic rings. The average molecular weight is 334 g/mol. The van der Waals surface area contributed by atoms with Crippen LogP contribution in [0.2, 0.25) is 0 Å². The van der Waals surface area contributed by atoms with Crippen molar-refractivity contribution in [3.63, 3.8) is 0 Å². The first kappa shape index (κ1) is 14.9. The van der Waals surface area contributed by atoms with Gasteiger partial charge in [0.15, 0.2) is 5.13 Å². The van der Waals surface area contributed by atoms with Crippen LogP contribution < -0.4 is 15.8 Å². The fraction of sp³-hybridized carbons (Fsp3) is 0.214. The number of carbonyl (C=O) groups is 1. The van der Waals surface area contributed by atoms with Crippen LogP contribution in [-0.2, 0) is 17.8 Å². The summed E-state index contributed by atoms with van der Waals surface area (Å²) >= 11 is 2.88. The Morgan fingerprint density at radius 2 is 2.27 bits per heavy atom. The first-order valence-electron chi connectivity index (χ1n) is 6.56. The second kappa shape index (κ2) is 6.39. The van der Waals surface area contributed by atoms with Crippen molar-refractivity contribution in [2.75, 3.05) is 12.4 Å². The molecule has 2 aromatic heterocycles. The topological polar surface area (TPSA) is 90.1 Å². The van der Waals surface area contributed by atoms with Crippen LogP contribution in [0.4, 0.5) is 5.13 Å². The minimum Gasteiger partial charge on any atom is -0.494 e. The third-order valence-electron chi connectivity index (χ3n) is 2.96. The van der Waals surface area contributed by atoms with E-state index in [9.17, 15) is 4.79 Å². The van der Waals surface area contributed by atoms with Crippen LogP contribution >= 0.6 is 22.7 Å². The number of methoxy groups -OCH3 is 1. The van der Waals surface area contributed by atoms with Crippen molar-refractivity contribution in [1.82, 2.24) is 9.97 Å². The summed E-state index contributed by atoms with van der Waals surface area (Å²) in [7, 11) is 1.60. The molecule has 0 bridgehead atoms. The Bertz CT molecular complexity index is 812. The molecule has 0 spiro atoms. The first-order valence-corrected chi connectivity index (χ1v) is 8.26. The third-order valence-corrected chi connectivity index (χ3v) is 4.82. The van der Waals surface area contributed by atoms with Crippen LogP contribution in [0, 0.1) is 0 Å². The minimum atomic E-state index is -0.146. The van der Waals surface area contributed by atoms with Gasteiger partial charge in [-0.05, 0) is 12.1 Å². The van der Waals surface area contributed by atoms with Crippen molar-refractivity contribution in [2.24, 2.45) is 5.73 Å². The molecule has 1 aromatic carbocycles. The summed E-state index contributed by atoms with van der Waals surface area (Å²) in [6.07, 6.45) is 0.212. The van der Waals surface area contributed by atoms with Gasteiger partial charge in [0, 0.05) is 11.9 Å². The number of nitrogens with two attached hydrogens (primary N) is 1. The van der Waals surface area contributed by atoms with Crippen molar-refractivity contribution in [2.45, 2.75) is 13.0 Å². The summed E-state index contributed by atoms with van der Waals surface area (Å²) in [5.74, 6) is 0.549. The SMILES string of the molecule is COc1cccc2sc(NC(=O)Cc3csc(CN)n3)nc12. The zero-order chi connectivity index (χ0) is 15.5. The van der Waals surface area contributed by atoms with Crippen LogP contribution in [0.3, 0.4) is 0 Å². The second-order valence-corrected chi connectivity index (χ2v) is 6.46. The van der Waals surface area contributed by atoms with Crippen LogP contribution in [0.1, 0.15) is 10.7 Å². The number of anilines is 1. The van der Waals surface area contributed by atoms with E-state index >= 15 is 0 Å². The van der Waals surface area contributed by atoms with Gasteiger partial charge < -0.3 is 15.8 Å². The van der Waals surface area contributed by atoms with Gasteiger partial charge in [0.05, 0.1) is 23.9 Å². The van der Waals surface area contributed by atoms with Crippen molar-refractivity contribution in [3.8, 4) is 5.75 Å². The number of hydrogen-bond acceptors (Lipinski definition) is 7. The number of aromatic nitrogens is 2. The number of thiazole rings is 2. The first-order chi connectivity index (χ1) is 10.7. The predicted octanol–water partition coefficient (Wildman–Crippen LogP) is 2.40. The number of amides is 1. The van der Waals surface area contributed by atoms with E-state index in [4.69, 9.17) is 10.5 Å². The fourth-order valence-electron chi connectivity index (χ4n) is 1.99. The Balaban J connectivity index is 1.73. The quantitative estimate of drug-likeness (QED) is 0.748. The van der Waals surface area contributed by atoms with E-state index in [0.29, 0.717) is 17.4 Å². The standard InChI is InChI=1S/C14H14N4O2S2/c1-20-9-3-2-4-10-13(9)18-14(22-10)17-11(19)5-8-7-21-12(6-15)16-8/h2-4,7H,5-6,15H2,1H3,(H,17,18,19). The highest BCUT2D eigenvalue weighted by Crippen LogP contribution is 2.32. The van der Waals surface area contributed by atoms with E-state index < -0.39 is 0 Å². The Morgan fingerprint density at radius 3 is 3.00 bits per heavy atom. The summed E-state index contributed by atoms with van der Waals surface area (Å²) in [6, 6.07) is 5.69. The van der Waals surface area contributed by atoms with Gasteiger partial charge in [0.1, 0.15) is 16.3 Å². The van der Waals surface area contributed by atoms with Gasteiger partial charge >= 0.3 is 0 Å². The van der Waals surface area contributed by atoms with E-state index in [1.165, 1.54) is 22.7 Å². The number of ether oxygens (including phenoxy) is 1. The number of carbonyl (C=O) groups excluding carboxylic acids is 1. The molecular formula is C14H14N4O2S2. The number of rotatable bonds is 5. The minimum absolute atomic E-state index is 0.146. The predicted molar refractivity (Wildman–Crippen MR) is 88.5 cm³/mol. The molecule has 0 unspecified atom stereocenters. The Kier molecular flexibility index (Phi) is 4.32. The van der Waals surface area contributed by atoms with Crippen LogP contribution in [-0.4, -0.2) is 23.0 Å². The molecule has 114 valence electrons. The van der Waals surface area contributed by atoms with E-state index in [1.807, 2.05) is 23.6 Å². The Hall–Kier alpha value is -2.03. The summed E-state index contributed by atoms with van der Waals surface area (Å²) < 4.78 is 6.23. The molecule has 1 amide bonds. The molecule has 6 nitrogen and oxygen atoms in total. The van der Waals surface area contributed by atoms with Crippen molar-refractivity contribution >= 4 is 43.9 Å². The molecule has 0 saturated carbocycles. The molecule has 0 fully saturated rings. The lowest BCUT2D eigenvalue weighted by atomic mass is 10.3. The lowest BCUT2D eigenvalue weighted by Crippen LogP contribution is -2.14. The molecule has 0 aliphatic rings. The van der Waals surface area contributed by atoms with Crippen molar-refractivity contribution in [1.29, 1.82) is 0 Å². The zero-order valence-electron chi connectivity index (χ0n) is 11.8. The highest BCUT2D eigenvalue weighted by Gasteiger charge is 2.12. The Morgan fingerprint density at radius 1 is 1.41 bits per heavy atom. The molecule has 0 radical (unpaired) electrons. The summed E-state index contributed by atoms with van der Waals surface area (Å²) in [4.78, 5) is 20.8. The van der Waals surface area contributed by atoms with Gasteiger partial charge in [-0.2, -0.15) is 0 Å². The maximum absolute atomic E-state index is 12.1. The van der Waals surface area contributed by atoms with Crippen LogP contribution in [0.15, 0.2) is 23.6 Å². The normalized spacial score (nSPS) is 10.8. The molecule has 0 atom stereocenters. The van der Waals surface area contributed by atoms with Crippen LogP contribution in [0.5, 0.6) is 5.75 Å². The zero-order valence-corrected chi connectivity index (χ0v) is 13.5. The highest BCUT2D eigenvalue weighted by molar-refractivity contribution is 7.22. The summed E-state index contributed by atoms with van der Waals surface area (Å²) in [6.45, 7) is 0.393. The van der Waals surface area contributed by atoms with E-state index in [1.54, 1.807) is 7.11 Å². The largest absolute Gasteiger partial charge is 0.494 e. The molecule has 3 N–H and O–H groups in total. The fourth-order valence-corrected chi connectivity index (χ4v) is 3.57. The molecule has 2 heterocycles. The molecule has 3 rings (SSSR count). The number of para-hydroxylation sites is 1. The van der Waals surface area contributed by atoms with Crippen molar-refractivity contribution < 1.29 is 9.53 Å². The lowest BCUT2D eigenvalue weighted by Gasteiger charge is -1.99. The van der Waals surface area contributed by atoms with Gasteiger partial charge in [0.2, 0.25) is 5.91 Å². The van der Waals surface area contributed by atoms with Crippen molar-refractivity contribution in [3.05, 3.63) is 34.3 Å². The maximum atomic E-state index is 12.1. The number of benzene rings is 1. The molecule has 0 aliphatic heterocycles. The molecule has 8 heteroatoms. The van der Waals surface area contributed by atoms with Crippen LogP contribution in [0.25, 0.3) is 10.2 Å². The summed E-state index contributed by atoms with van der Waals surface area (Å²) in [5, 5.41) is 6.04. The smallest absolute Gasteiger partial charge is 0.232 e.